The van der Waals surface area contributed by atoms with Crippen molar-refractivity contribution in [2.75, 3.05) is 26.4 Å². The molecule has 0 saturated carbocycles. The topological polar surface area (TPSA) is 177 Å². The lowest BCUT2D eigenvalue weighted by Gasteiger charge is -2.24. The van der Waals surface area contributed by atoms with Crippen LogP contribution in [0.1, 0.15) is 71.0 Å². The highest BCUT2D eigenvalue weighted by Crippen LogP contribution is 2.46. The molecule has 0 amide bonds. The van der Waals surface area contributed by atoms with Crippen molar-refractivity contribution < 1.29 is 38.7 Å². The summed E-state index contributed by atoms with van der Waals surface area (Å²) in [5.41, 5.74) is -4.49. The number of hydrogen-bond donors (Lipinski definition) is 4. The van der Waals surface area contributed by atoms with Gasteiger partial charge in [-0.1, -0.05) is 29.3 Å². The summed E-state index contributed by atoms with van der Waals surface area (Å²) >= 11 is 13.0. The summed E-state index contributed by atoms with van der Waals surface area (Å²) < 4.78 is 20.8. The standard InChI is InChI=1S/C27H28Cl2N2O10/c1-5-38-24-18(26(36)40-7-3)20(32)16(22(34)30-24)15(14-12(28)10-9-11-13(14)29)17-21(33)19(27(37)41-8-4)25(39-6-2)31-23(17)35/h9-11,15H,5-8H2,1-4H3,(H2,30,32,34)(H2,31,33,35). The van der Waals surface area contributed by atoms with Gasteiger partial charge in [-0.25, -0.2) is 9.59 Å². The van der Waals surface area contributed by atoms with Crippen LogP contribution in [0, 0.1) is 0 Å². The first-order chi connectivity index (χ1) is 19.5. The van der Waals surface area contributed by atoms with Gasteiger partial charge in [0.1, 0.15) is 11.5 Å². The minimum absolute atomic E-state index is 0.00312. The van der Waals surface area contributed by atoms with Crippen molar-refractivity contribution in [1.29, 1.82) is 0 Å². The van der Waals surface area contributed by atoms with Crippen molar-refractivity contribution >= 4 is 35.1 Å². The van der Waals surface area contributed by atoms with Gasteiger partial charge in [-0.3, -0.25) is 19.6 Å². The van der Waals surface area contributed by atoms with E-state index in [2.05, 4.69) is 9.97 Å². The molecule has 0 radical (unpaired) electrons. The molecule has 0 bridgehead atoms. The van der Waals surface area contributed by atoms with Gasteiger partial charge < -0.3 is 29.2 Å². The summed E-state index contributed by atoms with van der Waals surface area (Å²) in [5, 5.41) is 22.7. The molecule has 4 N–H and O–H groups in total. The molecular formula is C27H28Cl2N2O10. The number of aromatic amines is 2. The maximum Gasteiger partial charge on any atom is 0.347 e. The highest BCUT2D eigenvalue weighted by Gasteiger charge is 2.38. The molecule has 1 aromatic carbocycles. The highest BCUT2D eigenvalue weighted by atomic mass is 35.5. The van der Waals surface area contributed by atoms with E-state index in [1.807, 2.05) is 0 Å². The fourth-order valence-corrected chi connectivity index (χ4v) is 4.83. The van der Waals surface area contributed by atoms with Crippen molar-refractivity contribution in [2.45, 2.75) is 33.6 Å². The van der Waals surface area contributed by atoms with Crippen molar-refractivity contribution in [3.05, 3.63) is 76.8 Å². The maximum atomic E-state index is 13.5. The predicted molar refractivity (Wildman–Crippen MR) is 149 cm³/mol. The number of carbonyl (C=O) groups is 2. The van der Waals surface area contributed by atoms with Gasteiger partial charge in [0.2, 0.25) is 11.8 Å². The lowest BCUT2D eigenvalue weighted by Crippen LogP contribution is -2.28. The number of aromatic hydroxyl groups is 2. The Bertz CT molecular complexity index is 1470. The van der Waals surface area contributed by atoms with Gasteiger partial charge in [-0.15, -0.1) is 0 Å². The first-order valence-electron chi connectivity index (χ1n) is 12.6. The minimum Gasteiger partial charge on any atom is -0.506 e. The smallest absolute Gasteiger partial charge is 0.347 e. The van der Waals surface area contributed by atoms with E-state index < -0.39 is 74.5 Å². The Morgan fingerprint density at radius 1 is 0.732 bits per heavy atom. The van der Waals surface area contributed by atoms with Crippen LogP contribution in [0.15, 0.2) is 27.8 Å². The van der Waals surface area contributed by atoms with Crippen molar-refractivity contribution in [3.63, 3.8) is 0 Å². The van der Waals surface area contributed by atoms with Crippen molar-refractivity contribution in [1.82, 2.24) is 9.97 Å². The molecule has 0 unspecified atom stereocenters. The van der Waals surface area contributed by atoms with Crippen LogP contribution in [-0.2, 0) is 9.47 Å². The number of benzene rings is 1. The number of halogens is 2. The number of hydrogen-bond acceptors (Lipinski definition) is 10. The maximum absolute atomic E-state index is 13.5. The molecule has 0 spiro atoms. The van der Waals surface area contributed by atoms with Crippen LogP contribution in [0.3, 0.4) is 0 Å². The molecule has 41 heavy (non-hydrogen) atoms. The first-order valence-corrected chi connectivity index (χ1v) is 13.3. The molecule has 0 atom stereocenters. The van der Waals surface area contributed by atoms with Crippen LogP contribution in [0.5, 0.6) is 23.3 Å². The fraction of sp³-hybridized carbons (Fsp3) is 0.333. The molecule has 12 nitrogen and oxygen atoms in total. The third kappa shape index (κ3) is 6.13. The second-order valence-corrected chi connectivity index (χ2v) is 9.03. The fourth-order valence-electron chi connectivity index (χ4n) is 4.21. The number of carbonyl (C=O) groups excluding carboxylic acids is 2. The number of esters is 2. The van der Waals surface area contributed by atoms with Crippen molar-refractivity contribution in [3.8, 4) is 23.3 Å². The predicted octanol–water partition coefficient (Wildman–Crippen LogP) is 4.11. The van der Waals surface area contributed by atoms with Crippen LogP contribution < -0.4 is 20.6 Å². The Morgan fingerprint density at radius 3 is 1.46 bits per heavy atom. The number of pyridine rings is 2. The van der Waals surface area contributed by atoms with E-state index in [1.165, 1.54) is 32.0 Å². The normalized spacial score (nSPS) is 10.9. The third-order valence-electron chi connectivity index (χ3n) is 5.78. The number of nitrogens with one attached hydrogen (secondary N) is 2. The van der Waals surface area contributed by atoms with Crippen LogP contribution >= 0.6 is 23.2 Å². The van der Waals surface area contributed by atoms with E-state index >= 15 is 0 Å². The van der Waals surface area contributed by atoms with E-state index in [0.717, 1.165) is 0 Å². The zero-order chi connectivity index (χ0) is 30.4. The number of rotatable bonds is 11. The molecule has 0 saturated heterocycles. The second kappa shape index (κ2) is 13.5. The van der Waals surface area contributed by atoms with E-state index in [-0.39, 0.29) is 42.0 Å². The van der Waals surface area contributed by atoms with E-state index in [0.29, 0.717) is 0 Å². The Hall–Kier alpha value is -4.16. The Labute approximate surface area is 243 Å². The largest absolute Gasteiger partial charge is 0.506 e. The number of aromatic nitrogens is 2. The average Bonchev–Trinajstić information content (AvgIpc) is 2.88. The van der Waals surface area contributed by atoms with E-state index in [9.17, 15) is 29.4 Å². The molecule has 0 aliphatic rings. The number of H-pyrrole nitrogens is 2. The molecule has 0 aliphatic heterocycles. The van der Waals surface area contributed by atoms with Gasteiger partial charge in [-0.2, -0.15) is 0 Å². The zero-order valence-corrected chi connectivity index (χ0v) is 24.1. The van der Waals surface area contributed by atoms with E-state index in [1.54, 1.807) is 13.8 Å². The van der Waals surface area contributed by atoms with Gasteiger partial charge in [0.05, 0.1) is 43.5 Å². The minimum atomic E-state index is -1.74. The summed E-state index contributed by atoms with van der Waals surface area (Å²) in [7, 11) is 0. The lowest BCUT2D eigenvalue weighted by molar-refractivity contribution is 0.0506. The zero-order valence-electron chi connectivity index (χ0n) is 22.6. The SMILES string of the molecule is CCOC(=O)c1c(OCC)[nH]c(=O)c(C(c2c(Cl)cccc2Cl)c2c(O)c(C(=O)OCC)c(OCC)[nH]c2=O)c1O. The third-order valence-corrected chi connectivity index (χ3v) is 6.44. The Morgan fingerprint density at radius 2 is 1.12 bits per heavy atom. The van der Waals surface area contributed by atoms with Crippen LogP contribution in [-0.4, -0.2) is 58.5 Å². The van der Waals surface area contributed by atoms with Gasteiger partial charge in [0.15, 0.2) is 11.1 Å². The molecule has 0 aliphatic carbocycles. The van der Waals surface area contributed by atoms with Crippen LogP contribution in [0.25, 0.3) is 0 Å². The molecule has 2 heterocycles. The molecule has 14 heteroatoms. The molecule has 2 aromatic heterocycles. The highest BCUT2D eigenvalue weighted by molar-refractivity contribution is 6.36. The summed E-state index contributed by atoms with van der Waals surface area (Å²) in [5.74, 6) is -6.48. The summed E-state index contributed by atoms with van der Waals surface area (Å²) in [6.07, 6.45) is 0. The van der Waals surface area contributed by atoms with Gasteiger partial charge >= 0.3 is 11.9 Å². The summed E-state index contributed by atoms with van der Waals surface area (Å²) in [6, 6.07) is 4.28. The first kappa shape index (κ1) is 31.4. The Balaban J connectivity index is 2.57. The lowest BCUT2D eigenvalue weighted by atomic mass is 9.83. The average molecular weight is 611 g/mol. The van der Waals surface area contributed by atoms with Crippen molar-refractivity contribution in [2.24, 2.45) is 0 Å². The van der Waals surface area contributed by atoms with Gasteiger partial charge in [-0.05, 0) is 39.8 Å². The monoisotopic (exact) mass is 610 g/mol. The van der Waals surface area contributed by atoms with Gasteiger partial charge in [0, 0.05) is 15.6 Å². The molecule has 3 aromatic rings. The summed E-state index contributed by atoms with van der Waals surface area (Å²) in [6.45, 7) is 6.07. The molecular weight excluding hydrogens is 583 g/mol. The number of ether oxygens (including phenoxy) is 4. The molecule has 0 fully saturated rings. The molecule has 220 valence electrons. The van der Waals surface area contributed by atoms with Crippen LogP contribution in [0.4, 0.5) is 0 Å². The quantitative estimate of drug-likeness (QED) is 0.231. The van der Waals surface area contributed by atoms with Crippen LogP contribution in [0.2, 0.25) is 10.0 Å². The second-order valence-electron chi connectivity index (χ2n) is 8.22. The summed E-state index contributed by atoms with van der Waals surface area (Å²) in [4.78, 5) is 57.6. The Kier molecular flexibility index (Phi) is 10.3. The van der Waals surface area contributed by atoms with E-state index in [4.69, 9.17) is 42.1 Å². The van der Waals surface area contributed by atoms with Gasteiger partial charge in [0.25, 0.3) is 11.1 Å². The molecule has 3 rings (SSSR count).